The topological polar surface area (TPSA) is 62.3 Å². The minimum atomic E-state index is -4.43. The zero-order chi connectivity index (χ0) is 18.2. The second kappa shape index (κ2) is 5.87. The summed E-state index contributed by atoms with van der Waals surface area (Å²) in [5, 5.41) is 2.60. The van der Waals surface area contributed by atoms with Crippen LogP contribution in [0, 0.1) is 0 Å². The fraction of sp³-hybridized carbons (Fsp3) is 0.235. The van der Waals surface area contributed by atoms with Gasteiger partial charge < -0.3 is 5.32 Å². The van der Waals surface area contributed by atoms with Crippen molar-refractivity contribution in [1.29, 1.82) is 0 Å². The summed E-state index contributed by atoms with van der Waals surface area (Å²) in [7, 11) is 0. The number of amides is 3. The normalized spacial score (nSPS) is 20.7. The smallest absolute Gasteiger partial charge is 0.318 e. The molecule has 5 nitrogen and oxygen atoms in total. The van der Waals surface area contributed by atoms with Crippen molar-refractivity contribution in [3.63, 3.8) is 0 Å². The zero-order valence-electron chi connectivity index (χ0n) is 13.2. The standard InChI is InChI=1S/C17H14F3N3O2/c1-16(13-4-2-3-9-21-13)14(24)23(15(25)22-16)10-11-5-7-12(8-6-11)17(18,19)20/h2-9H,10H2,1H3,(H,22,25)/t16-/m1/s1. The summed E-state index contributed by atoms with van der Waals surface area (Å²) >= 11 is 0. The minimum Gasteiger partial charge on any atom is -0.318 e. The van der Waals surface area contributed by atoms with E-state index in [1.54, 1.807) is 25.1 Å². The molecule has 2 heterocycles. The second-order valence-corrected chi connectivity index (χ2v) is 5.86. The van der Waals surface area contributed by atoms with Crippen LogP contribution in [0.4, 0.5) is 18.0 Å². The van der Waals surface area contributed by atoms with Gasteiger partial charge in [0.2, 0.25) is 0 Å². The van der Waals surface area contributed by atoms with Gasteiger partial charge in [-0.3, -0.25) is 14.7 Å². The number of urea groups is 1. The van der Waals surface area contributed by atoms with E-state index < -0.39 is 29.2 Å². The highest BCUT2D eigenvalue weighted by atomic mass is 19.4. The van der Waals surface area contributed by atoms with E-state index in [4.69, 9.17) is 0 Å². The maximum absolute atomic E-state index is 12.7. The highest BCUT2D eigenvalue weighted by Gasteiger charge is 2.49. The van der Waals surface area contributed by atoms with E-state index in [0.29, 0.717) is 11.3 Å². The van der Waals surface area contributed by atoms with Crippen LogP contribution in [0.2, 0.25) is 0 Å². The Labute approximate surface area is 141 Å². The first-order valence-electron chi connectivity index (χ1n) is 7.43. The van der Waals surface area contributed by atoms with Crippen molar-refractivity contribution in [1.82, 2.24) is 15.2 Å². The number of nitrogens with one attached hydrogen (secondary N) is 1. The monoisotopic (exact) mass is 349 g/mol. The molecule has 0 radical (unpaired) electrons. The Morgan fingerprint density at radius 2 is 1.80 bits per heavy atom. The quantitative estimate of drug-likeness (QED) is 0.867. The number of carbonyl (C=O) groups is 2. The predicted molar refractivity (Wildman–Crippen MR) is 82.1 cm³/mol. The molecule has 1 aromatic carbocycles. The molecule has 0 saturated carbocycles. The molecule has 25 heavy (non-hydrogen) atoms. The zero-order valence-corrected chi connectivity index (χ0v) is 13.2. The number of pyridine rings is 1. The molecule has 1 aliphatic heterocycles. The largest absolute Gasteiger partial charge is 0.416 e. The maximum atomic E-state index is 12.7. The van der Waals surface area contributed by atoms with E-state index in [-0.39, 0.29) is 6.54 Å². The first kappa shape index (κ1) is 16.9. The second-order valence-electron chi connectivity index (χ2n) is 5.86. The Morgan fingerprint density at radius 1 is 1.12 bits per heavy atom. The first-order valence-corrected chi connectivity index (χ1v) is 7.43. The number of nitrogens with zero attached hydrogens (tertiary/aromatic N) is 2. The van der Waals surface area contributed by atoms with Crippen LogP contribution in [0.3, 0.4) is 0 Å². The fourth-order valence-corrected chi connectivity index (χ4v) is 2.65. The predicted octanol–water partition coefficient (Wildman–Crippen LogP) is 3.07. The lowest BCUT2D eigenvalue weighted by molar-refractivity contribution is -0.137. The summed E-state index contributed by atoms with van der Waals surface area (Å²) in [6.07, 6.45) is -2.92. The molecule has 1 aliphatic rings. The Bertz CT molecular complexity index is 806. The summed E-state index contributed by atoms with van der Waals surface area (Å²) < 4.78 is 37.8. The molecular formula is C17H14F3N3O2. The molecular weight excluding hydrogens is 335 g/mol. The van der Waals surface area contributed by atoms with E-state index >= 15 is 0 Å². The third-order valence-electron chi connectivity index (χ3n) is 4.07. The molecule has 1 saturated heterocycles. The average Bonchev–Trinajstić information content (AvgIpc) is 2.80. The molecule has 3 rings (SSSR count). The van der Waals surface area contributed by atoms with Gasteiger partial charge in [-0.05, 0) is 36.8 Å². The lowest BCUT2D eigenvalue weighted by Gasteiger charge is -2.21. The van der Waals surface area contributed by atoms with Crippen LogP contribution in [-0.2, 0) is 23.1 Å². The van der Waals surface area contributed by atoms with Crippen LogP contribution in [0.25, 0.3) is 0 Å². The first-order chi connectivity index (χ1) is 11.7. The van der Waals surface area contributed by atoms with Crippen molar-refractivity contribution < 1.29 is 22.8 Å². The van der Waals surface area contributed by atoms with Gasteiger partial charge in [0.05, 0.1) is 17.8 Å². The van der Waals surface area contributed by atoms with Gasteiger partial charge in [0.15, 0.2) is 5.54 Å². The molecule has 2 aromatic rings. The van der Waals surface area contributed by atoms with Crippen LogP contribution < -0.4 is 5.32 Å². The van der Waals surface area contributed by atoms with Crippen LogP contribution >= 0.6 is 0 Å². The lowest BCUT2D eigenvalue weighted by atomic mass is 9.97. The fourth-order valence-electron chi connectivity index (χ4n) is 2.65. The van der Waals surface area contributed by atoms with Gasteiger partial charge in [-0.25, -0.2) is 4.79 Å². The number of hydrogen-bond acceptors (Lipinski definition) is 3. The van der Waals surface area contributed by atoms with Crippen molar-refractivity contribution >= 4 is 11.9 Å². The summed E-state index contributed by atoms with van der Waals surface area (Å²) in [5.41, 5.74) is -1.28. The number of hydrogen-bond donors (Lipinski definition) is 1. The Kier molecular flexibility index (Phi) is 3.98. The van der Waals surface area contributed by atoms with Crippen molar-refractivity contribution in [2.75, 3.05) is 0 Å². The summed E-state index contributed by atoms with van der Waals surface area (Å²) in [6.45, 7) is 1.42. The van der Waals surface area contributed by atoms with Crippen LogP contribution in [0.1, 0.15) is 23.7 Å². The van der Waals surface area contributed by atoms with Crippen molar-refractivity contribution in [3.05, 3.63) is 65.5 Å². The van der Waals surface area contributed by atoms with Crippen molar-refractivity contribution in [3.8, 4) is 0 Å². The molecule has 1 aromatic heterocycles. The number of rotatable bonds is 3. The molecule has 8 heteroatoms. The van der Waals surface area contributed by atoms with E-state index in [1.807, 2.05) is 0 Å². The van der Waals surface area contributed by atoms with Gasteiger partial charge in [0.1, 0.15) is 0 Å². The number of benzene rings is 1. The van der Waals surface area contributed by atoms with Gasteiger partial charge in [-0.2, -0.15) is 13.2 Å². The Hall–Kier alpha value is -2.90. The average molecular weight is 349 g/mol. The Balaban J connectivity index is 1.82. The van der Waals surface area contributed by atoms with Crippen LogP contribution in [0.5, 0.6) is 0 Å². The molecule has 0 bridgehead atoms. The molecule has 1 N–H and O–H groups in total. The molecule has 0 spiro atoms. The number of halogens is 3. The van der Waals surface area contributed by atoms with Gasteiger partial charge in [0, 0.05) is 6.20 Å². The summed E-state index contributed by atoms with van der Waals surface area (Å²) in [6, 6.07) is 8.74. The molecule has 3 amide bonds. The van der Waals surface area contributed by atoms with E-state index in [0.717, 1.165) is 17.0 Å². The highest BCUT2D eigenvalue weighted by Crippen LogP contribution is 2.31. The highest BCUT2D eigenvalue weighted by molar-refractivity contribution is 6.06. The van der Waals surface area contributed by atoms with E-state index in [1.165, 1.54) is 18.3 Å². The van der Waals surface area contributed by atoms with Crippen LogP contribution in [0.15, 0.2) is 48.7 Å². The van der Waals surface area contributed by atoms with Crippen molar-refractivity contribution in [2.24, 2.45) is 0 Å². The molecule has 130 valence electrons. The van der Waals surface area contributed by atoms with Crippen molar-refractivity contribution in [2.45, 2.75) is 25.2 Å². The SMILES string of the molecule is C[C@]1(c2ccccn2)NC(=O)N(Cc2ccc(C(F)(F)F)cc2)C1=O. The summed E-state index contributed by atoms with van der Waals surface area (Å²) in [4.78, 5) is 30.0. The number of imide groups is 1. The van der Waals surface area contributed by atoms with Crippen LogP contribution in [-0.4, -0.2) is 21.8 Å². The number of aromatic nitrogens is 1. The summed E-state index contributed by atoms with van der Waals surface area (Å²) in [5.74, 6) is -0.504. The van der Waals surface area contributed by atoms with E-state index in [2.05, 4.69) is 10.3 Å². The lowest BCUT2D eigenvalue weighted by Crippen LogP contribution is -2.41. The molecule has 0 aliphatic carbocycles. The van der Waals surface area contributed by atoms with Gasteiger partial charge in [0.25, 0.3) is 5.91 Å². The van der Waals surface area contributed by atoms with Gasteiger partial charge >= 0.3 is 12.2 Å². The molecule has 1 fully saturated rings. The Morgan fingerprint density at radius 3 is 2.36 bits per heavy atom. The number of carbonyl (C=O) groups excluding carboxylic acids is 2. The van der Waals surface area contributed by atoms with E-state index in [9.17, 15) is 22.8 Å². The third-order valence-corrected chi connectivity index (χ3v) is 4.07. The molecule has 0 unspecified atom stereocenters. The van der Waals surface area contributed by atoms with Gasteiger partial charge in [-0.15, -0.1) is 0 Å². The maximum Gasteiger partial charge on any atom is 0.416 e. The molecule has 1 atom stereocenters. The van der Waals surface area contributed by atoms with Gasteiger partial charge in [-0.1, -0.05) is 18.2 Å². The third kappa shape index (κ3) is 3.07. The number of alkyl halides is 3. The minimum absolute atomic E-state index is 0.120.